The molecule has 0 spiro atoms. The molecular formula is C13H24N2O3. The Labute approximate surface area is 109 Å². The van der Waals surface area contributed by atoms with Crippen molar-refractivity contribution < 1.29 is 14.7 Å². The van der Waals surface area contributed by atoms with Crippen molar-refractivity contribution in [2.45, 2.75) is 40.5 Å². The molecule has 2 N–H and O–H groups in total. The third-order valence-corrected chi connectivity index (χ3v) is 3.43. The van der Waals surface area contributed by atoms with E-state index < -0.39 is 11.4 Å². The molecule has 104 valence electrons. The lowest BCUT2D eigenvalue weighted by Crippen LogP contribution is -2.41. The number of rotatable bonds is 3. The Kier molecular flexibility index (Phi) is 4.24. The van der Waals surface area contributed by atoms with Gasteiger partial charge in [-0.15, -0.1) is 0 Å². The highest BCUT2D eigenvalue weighted by Gasteiger charge is 2.42. The summed E-state index contributed by atoms with van der Waals surface area (Å²) in [7, 11) is 0. The maximum absolute atomic E-state index is 11.9. The molecule has 0 aromatic heterocycles. The number of likely N-dealkylation sites (tertiary alicyclic amines) is 1. The van der Waals surface area contributed by atoms with E-state index in [4.69, 9.17) is 5.11 Å². The molecule has 0 aromatic rings. The number of carboxylic acid groups (broad SMARTS) is 1. The third-order valence-electron chi connectivity index (χ3n) is 3.43. The van der Waals surface area contributed by atoms with Crippen molar-refractivity contribution >= 4 is 12.0 Å². The molecule has 0 aliphatic carbocycles. The van der Waals surface area contributed by atoms with Crippen molar-refractivity contribution in [1.82, 2.24) is 10.2 Å². The molecule has 1 aliphatic heterocycles. The first-order chi connectivity index (χ1) is 8.14. The lowest BCUT2D eigenvalue weighted by atomic mass is 9.90. The van der Waals surface area contributed by atoms with Gasteiger partial charge in [0.15, 0.2) is 0 Å². The average molecular weight is 256 g/mol. The van der Waals surface area contributed by atoms with Crippen molar-refractivity contribution in [1.29, 1.82) is 0 Å². The molecule has 1 fully saturated rings. The molecule has 2 amide bonds. The molecule has 0 aromatic carbocycles. The molecule has 5 nitrogen and oxygen atoms in total. The Morgan fingerprint density at radius 3 is 2.44 bits per heavy atom. The van der Waals surface area contributed by atoms with Gasteiger partial charge >= 0.3 is 12.0 Å². The highest BCUT2D eigenvalue weighted by atomic mass is 16.4. The van der Waals surface area contributed by atoms with Crippen LogP contribution in [-0.2, 0) is 4.79 Å². The van der Waals surface area contributed by atoms with Gasteiger partial charge in [0.25, 0.3) is 0 Å². The highest BCUT2D eigenvalue weighted by molar-refractivity contribution is 5.79. The van der Waals surface area contributed by atoms with E-state index in [-0.39, 0.29) is 11.4 Å². The van der Waals surface area contributed by atoms with E-state index in [9.17, 15) is 9.59 Å². The second-order valence-corrected chi connectivity index (χ2v) is 6.58. The minimum atomic E-state index is -0.826. The molecule has 1 unspecified atom stereocenters. The first-order valence-corrected chi connectivity index (χ1v) is 6.40. The van der Waals surface area contributed by atoms with E-state index in [1.165, 1.54) is 0 Å². The van der Waals surface area contributed by atoms with Crippen LogP contribution in [0.4, 0.5) is 4.79 Å². The minimum absolute atomic E-state index is 0.149. The predicted octanol–water partition coefficient (Wildman–Crippen LogP) is 1.93. The van der Waals surface area contributed by atoms with Crippen LogP contribution in [-0.4, -0.2) is 41.6 Å². The molecule has 1 rings (SSSR count). The number of hydrogen-bond donors (Lipinski definition) is 2. The molecule has 0 bridgehead atoms. The first-order valence-electron chi connectivity index (χ1n) is 6.40. The molecule has 1 saturated heterocycles. The van der Waals surface area contributed by atoms with Gasteiger partial charge in [0.1, 0.15) is 0 Å². The summed E-state index contributed by atoms with van der Waals surface area (Å²) in [6.07, 6.45) is 1.43. The normalized spacial score (nSPS) is 24.1. The summed E-state index contributed by atoms with van der Waals surface area (Å²) in [5.74, 6) is -0.826. The Morgan fingerprint density at radius 2 is 2.00 bits per heavy atom. The number of aliphatic carboxylic acids is 1. The molecule has 5 heteroatoms. The van der Waals surface area contributed by atoms with E-state index in [0.717, 1.165) is 6.42 Å². The predicted molar refractivity (Wildman–Crippen MR) is 69.4 cm³/mol. The van der Waals surface area contributed by atoms with Crippen LogP contribution in [0.5, 0.6) is 0 Å². The average Bonchev–Trinajstić information content (AvgIpc) is 2.60. The number of nitrogens with zero attached hydrogens (tertiary/aromatic N) is 1. The van der Waals surface area contributed by atoms with Crippen LogP contribution in [0.25, 0.3) is 0 Å². The minimum Gasteiger partial charge on any atom is -0.481 e. The van der Waals surface area contributed by atoms with E-state index in [1.807, 2.05) is 0 Å². The second-order valence-electron chi connectivity index (χ2n) is 6.58. The smallest absolute Gasteiger partial charge is 0.317 e. The summed E-state index contributed by atoms with van der Waals surface area (Å²) in [6.45, 7) is 9.50. The topological polar surface area (TPSA) is 69.6 Å². The SMILES string of the molecule is CC(C)(C)CCNC(=O)N1CCC(C)(C(=O)O)C1. The van der Waals surface area contributed by atoms with Gasteiger partial charge in [-0.3, -0.25) is 4.79 Å². The number of nitrogens with one attached hydrogen (secondary N) is 1. The maximum atomic E-state index is 11.9. The van der Waals surface area contributed by atoms with Gasteiger partial charge in [0, 0.05) is 19.6 Å². The maximum Gasteiger partial charge on any atom is 0.317 e. The first kappa shape index (κ1) is 14.8. The number of carbonyl (C=O) groups is 2. The van der Waals surface area contributed by atoms with Crippen molar-refractivity contribution in [2.24, 2.45) is 10.8 Å². The van der Waals surface area contributed by atoms with Crippen LogP contribution < -0.4 is 5.32 Å². The van der Waals surface area contributed by atoms with Crippen molar-refractivity contribution in [3.8, 4) is 0 Å². The fraction of sp³-hybridized carbons (Fsp3) is 0.846. The van der Waals surface area contributed by atoms with Gasteiger partial charge in [-0.2, -0.15) is 0 Å². The molecule has 1 aliphatic rings. The lowest BCUT2D eigenvalue weighted by molar-refractivity contribution is -0.146. The van der Waals surface area contributed by atoms with Crippen molar-refractivity contribution in [3.05, 3.63) is 0 Å². The molecule has 0 saturated carbocycles. The fourth-order valence-electron chi connectivity index (χ4n) is 1.97. The molecule has 1 heterocycles. The summed E-state index contributed by atoms with van der Waals surface area (Å²) in [5, 5.41) is 11.9. The van der Waals surface area contributed by atoms with Crippen LogP contribution in [0.3, 0.4) is 0 Å². The molecule has 0 radical (unpaired) electrons. The Morgan fingerprint density at radius 1 is 1.39 bits per heavy atom. The lowest BCUT2D eigenvalue weighted by Gasteiger charge is -2.22. The van der Waals surface area contributed by atoms with Crippen molar-refractivity contribution in [2.75, 3.05) is 19.6 Å². The zero-order valence-electron chi connectivity index (χ0n) is 11.7. The Balaban J connectivity index is 2.39. The van der Waals surface area contributed by atoms with Crippen molar-refractivity contribution in [3.63, 3.8) is 0 Å². The second kappa shape index (κ2) is 5.16. The van der Waals surface area contributed by atoms with Crippen LogP contribution in [0.2, 0.25) is 0 Å². The number of amides is 2. The van der Waals surface area contributed by atoms with Crippen LogP contribution in [0.1, 0.15) is 40.5 Å². The van der Waals surface area contributed by atoms with Gasteiger partial charge in [-0.25, -0.2) is 4.79 Å². The van der Waals surface area contributed by atoms with Gasteiger partial charge in [0.05, 0.1) is 5.41 Å². The van der Waals surface area contributed by atoms with Crippen LogP contribution >= 0.6 is 0 Å². The summed E-state index contributed by atoms with van der Waals surface area (Å²) >= 11 is 0. The number of urea groups is 1. The van der Waals surface area contributed by atoms with Gasteiger partial charge in [-0.05, 0) is 25.2 Å². The Bertz CT molecular complexity index is 336. The standard InChI is InChI=1S/C13H24N2O3/c1-12(2,3)5-7-14-11(18)15-8-6-13(4,9-15)10(16)17/h5-9H2,1-4H3,(H,14,18)(H,16,17). The zero-order chi connectivity index (χ0) is 14.0. The van der Waals surface area contributed by atoms with Gasteiger partial charge in [0.2, 0.25) is 0 Å². The van der Waals surface area contributed by atoms with Gasteiger partial charge in [-0.1, -0.05) is 20.8 Å². The molecule has 1 atom stereocenters. The monoisotopic (exact) mass is 256 g/mol. The van der Waals surface area contributed by atoms with Crippen LogP contribution in [0, 0.1) is 10.8 Å². The van der Waals surface area contributed by atoms with Gasteiger partial charge < -0.3 is 15.3 Å². The third kappa shape index (κ3) is 3.89. The number of hydrogen-bond acceptors (Lipinski definition) is 2. The highest BCUT2D eigenvalue weighted by Crippen LogP contribution is 2.30. The Hall–Kier alpha value is -1.26. The number of carbonyl (C=O) groups excluding carboxylic acids is 1. The number of carboxylic acids is 1. The summed E-state index contributed by atoms with van der Waals surface area (Å²) in [5.41, 5.74) is -0.602. The van der Waals surface area contributed by atoms with Crippen LogP contribution in [0.15, 0.2) is 0 Å². The molecular weight excluding hydrogens is 232 g/mol. The summed E-state index contributed by atoms with van der Waals surface area (Å²) in [4.78, 5) is 24.5. The zero-order valence-corrected chi connectivity index (χ0v) is 11.7. The fourth-order valence-corrected chi connectivity index (χ4v) is 1.97. The van der Waals surface area contributed by atoms with E-state index >= 15 is 0 Å². The van der Waals surface area contributed by atoms with E-state index in [2.05, 4.69) is 26.1 Å². The quantitative estimate of drug-likeness (QED) is 0.810. The largest absolute Gasteiger partial charge is 0.481 e. The van der Waals surface area contributed by atoms with E-state index in [0.29, 0.717) is 26.1 Å². The summed E-state index contributed by atoms with van der Waals surface area (Å²) < 4.78 is 0. The van der Waals surface area contributed by atoms with E-state index in [1.54, 1.807) is 11.8 Å². The summed E-state index contributed by atoms with van der Waals surface area (Å²) in [6, 6.07) is -0.149. The molecule has 18 heavy (non-hydrogen) atoms.